The number of hydrogen-bond acceptors (Lipinski definition) is 4. The smallest absolute Gasteiger partial charge is 0.326 e. The normalized spacial score (nSPS) is 12.7. The quantitative estimate of drug-likeness (QED) is 0.863. The van der Waals surface area contributed by atoms with E-state index in [-0.39, 0.29) is 16.8 Å². The Balaban J connectivity index is 2.62. The summed E-state index contributed by atoms with van der Waals surface area (Å²) in [4.78, 5) is 0. The van der Waals surface area contributed by atoms with Gasteiger partial charge in [-0.2, -0.15) is 31.0 Å². The summed E-state index contributed by atoms with van der Waals surface area (Å²) < 4.78 is 76.4. The van der Waals surface area contributed by atoms with E-state index >= 15 is 0 Å². The number of aromatic nitrogens is 4. The number of nitrogens with two attached hydrogens (primary N) is 1. The minimum atomic E-state index is -4.90. The highest BCUT2D eigenvalue weighted by Crippen LogP contribution is 2.33. The van der Waals surface area contributed by atoms with Gasteiger partial charge in [0, 0.05) is 6.54 Å². The lowest BCUT2D eigenvalue weighted by Gasteiger charge is -2.12. The summed E-state index contributed by atoms with van der Waals surface area (Å²) in [7, 11) is 0. The first kappa shape index (κ1) is 15.2. The molecule has 1 heterocycles. The molecule has 114 valence electrons. The lowest BCUT2D eigenvalue weighted by atomic mass is 10.1. The number of halogens is 6. The standard InChI is InChI=1S/C10H7F6N5/c11-9(12,13)6-1-5(4-17)2-7(3-6)21-8(10(14,15)16)18-19-20-21/h1-3H,4,17H2. The first-order valence-electron chi connectivity index (χ1n) is 5.40. The number of alkyl halides is 6. The summed E-state index contributed by atoms with van der Waals surface area (Å²) in [5.41, 5.74) is 3.66. The van der Waals surface area contributed by atoms with Crippen LogP contribution in [0.4, 0.5) is 26.3 Å². The van der Waals surface area contributed by atoms with Gasteiger partial charge in [0.25, 0.3) is 5.82 Å². The summed E-state index contributed by atoms with van der Waals surface area (Å²) in [6, 6.07) is 2.33. The van der Waals surface area contributed by atoms with Crippen molar-refractivity contribution >= 4 is 0 Å². The van der Waals surface area contributed by atoms with Crippen LogP contribution in [0.15, 0.2) is 18.2 Å². The zero-order chi connectivity index (χ0) is 15.8. The summed E-state index contributed by atoms with van der Waals surface area (Å²) in [5, 5.41) is 8.70. The van der Waals surface area contributed by atoms with Gasteiger partial charge in [0.1, 0.15) is 0 Å². The van der Waals surface area contributed by atoms with E-state index in [1.54, 1.807) is 0 Å². The number of benzene rings is 1. The van der Waals surface area contributed by atoms with Crippen LogP contribution in [-0.4, -0.2) is 20.2 Å². The van der Waals surface area contributed by atoms with E-state index in [2.05, 4.69) is 15.5 Å². The first-order valence-corrected chi connectivity index (χ1v) is 5.40. The van der Waals surface area contributed by atoms with Crippen LogP contribution < -0.4 is 5.73 Å². The van der Waals surface area contributed by atoms with Gasteiger partial charge in [-0.25, -0.2) is 0 Å². The lowest BCUT2D eigenvalue weighted by Crippen LogP contribution is -2.16. The predicted molar refractivity (Wildman–Crippen MR) is 57.0 cm³/mol. The second kappa shape index (κ2) is 4.98. The Morgan fingerprint density at radius 1 is 1.00 bits per heavy atom. The molecule has 0 aliphatic carbocycles. The van der Waals surface area contributed by atoms with Gasteiger partial charge in [-0.15, -0.1) is 5.10 Å². The van der Waals surface area contributed by atoms with E-state index in [0.717, 1.165) is 12.1 Å². The number of tetrazole rings is 1. The van der Waals surface area contributed by atoms with Crippen LogP contribution in [0.2, 0.25) is 0 Å². The van der Waals surface area contributed by atoms with Gasteiger partial charge in [-0.1, -0.05) is 0 Å². The summed E-state index contributed by atoms with van der Waals surface area (Å²) in [6.45, 7) is -0.277. The van der Waals surface area contributed by atoms with Gasteiger partial charge in [0.2, 0.25) is 0 Å². The molecule has 2 aromatic rings. The van der Waals surface area contributed by atoms with Crippen LogP contribution in [-0.2, 0) is 18.9 Å². The highest BCUT2D eigenvalue weighted by Gasteiger charge is 2.39. The second-order valence-electron chi connectivity index (χ2n) is 4.00. The predicted octanol–water partition coefficient (Wildman–Crippen LogP) is 2.16. The van der Waals surface area contributed by atoms with Gasteiger partial charge in [-0.3, -0.25) is 0 Å². The van der Waals surface area contributed by atoms with E-state index in [1.165, 1.54) is 0 Å². The fourth-order valence-electron chi connectivity index (χ4n) is 1.62. The van der Waals surface area contributed by atoms with Crippen molar-refractivity contribution < 1.29 is 26.3 Å². The van der Waals surface area contributed by atoms with Gasteiger partial charge in [-0.05, 0) is 34.2 Å². The molecule has 0 atom stereocenters. The Bertz CT molecular complexity index is 644. The summed E-state index contributed by atoms with van der Waals surface area (Å²) in [5.74, 6) is -1.52. The van der Waals surface area contributed by atoms with Crippen molar-refractivity contribution in [2.24, 2.45) is 5.73 Å². The third-order valence-corrected chi connectivity index (χ3v) is 2.51. The largest absolute Gasteiger partial charge is 0.453 e. The maximum atomic E-state index is 12.7. The zero-order valence-corrected chi connectivity index (χ0v) is 10.1. The first-order chi connectivity index (χ1) is 9.63. The molecule has 0 unspecified atom stereocenters. The van der Waals surface area contributed by atoms with Crippen LogP contribution >= 0.6 is 0 Å². The maximum Gasteiger partial charge on any atom is 0.453 e. The number of hydrogen-bond donors (Lipinski definition) is 1. The molecule has 0 saturated heterocycles. The van der Waals surface area contributed by atoms with Crippen molar-refractivity contribution in [1.29, 1.82) is 0 Å². The monoisotopic (exact) mass is 311 g/mol. The van der Waals surface area contributed by atoms with E-state index in [1.807, 2.05) is 0 Å². The van der Waals surface area contributed by atoms with E-state index in [9.17, 15) is 26.3 Å². The molecule has 0 spiro atoms. The van der Waals surface area contributed by atoms with Crippen LogP contribution in [0.25, 0.3) is 5.69 Å². The van der Waals surface area contributed by atoms with Crippen LogP contribution in [0.1, 0.15) is 17.0 Å². The SMILES string of the molecule is NCc1cc(-n2nnnc2C(F)(F)F)cc(C(F)(F)F)c1. The molecular weight excluding hydrogens is 304 g/mol. The fourth-order valence-corrected chi connectivity index (χ4v) is 1.62. The number of nitrogens with zero attached hydrogens (tertiary/aromatic N) is 4. The minimum Gasteiger partial charge on any atom is -0.326 e. The third-order valence-electron chi connectivity index (χ3n) is 2.51. The van der Waals surface area contributed by atoms with E-state index in [4.69, 9.17) is 5.73 Å². The Kier molecular flexibility index (Phi) is 3.61. The topological polar surface area (TPSA) is 69.6 Å². The van der Waals surface area contributed by atoms with Gasteiger partial charge in [0.05, 0.1) is 11.3 Å². The van der Waals surface area contributed by atoms with Crippen molar-refractivity contribution in [1.82, 2.24) is 20.2 Å². The molecule has 0 fully saturated rings. The van der Waals surface area contributed by atoms with E-state index < -0.39 is 29.4 Å². The highest BCUT2D eigenvalue weighted by atomic mass is 19.4. The van der Waals surface area contributed by atoms with Crippen molar-refractivity contribution in [3.05, 3.63) is 35.2 Å². The molecule has 0 aliphatic heterocycles. The third kappa shape index (κ3) is 3.12. The van der Waals surface area contributed by atoms with Crippen LogP contribution in [0.3, 0.4) is 0 Å². The maximum absolute atomic E-state index is 12.7. The van der Waals surface area contributed by atoms with Gasteiger partial charge < -0.3 is 5.73 Å². The molecule has 1 aromatic carbocycles. The molecule has 21 heavy (non-hydrogen) atoms. The van der Waals surface area contributed by atoms with Gasteiger partial charge in [0.15, 0.2) is 0 Å². The van der Waals surface area contributed by atoms with Crippen molar-refractivity contribution in [3.8, 4) is 5.69 Å². The van der Waals surface area contributed by atoms with Crippen LogP contribution in [0, 0.1) is 0 Å². The zero-order valence-electron chi connectivity index (χ0n) is 10.1. The average molecular weight is 311 g/mol. The highest BCUT2D eigenvalue weighted by molar-refractivity contribution is 5.41. The molecule has 2 N–H and O–H groups in total. The number of rotatable bonds is 2. The molecule has 11 heteroatoms. The molecule has 2 rings (SSSR count). The molecule has 5 nitrogen and oxygen atoms in total. The fraction of sp³-hybridized carbons (Fsp3) is 0.300. The van der Waals surface area contributed by atoms with Crippen LogP contribution in [0.5, 0.6) is 0 Å². The Morgan fingerprint density at radius 2 is 1.67 bits per heavy atom. The minimum absolute atomic E-state index is 0.00319. The lowest BCUT2D eigenvalue weighted by molar-refractivity contribution is -0.146. The average Bonchev–Trinajstić information content (AvgIpc) is 2.86. The Labute approximate surface area is 113 Å². The summed E-state index contributed by atoms with van der Waals surface area (Å²) >= 11 is 0. The molecule has 0 amide bonds. The molecule has 0 radical (unpaired) electrons. The molecular formula is C10H7F6N5. The molecule has 0 bridgehead atoms. The molecule has 1 aromatic heterocycles. The Morgan fingerprint density at radius 3 is 2.19 bits per heavy atom. The molecule has 0 aliphatic rings. The van der Waals surface area contributed by atoms with Crippen molar-refractivity contribution in [3.63, 3.8) is 0 Å². The Hall–Kier alpha value is -2.17. The van der Waals surface area contributed by atoms with E-state index in [0.29, 0.717) is 6.07 Å². The van der Waals surface area contributed by atoms with Crippen molar-refractivity contribution in [2.75, 3.05) is 0 Å². The summed E-state index contributed by atoms with van der Waals surface area (Å²) in [6.07, 6.45) is -9.63. The second-order valence-corrected chi connectivity index (χ2v) is 4.00. The van der Waals surface area contributed by atoms with Gasteiger partial charge >= 0.3 is 12.4 Å². The van der Waals surface area contributed by atoms with Crippen molar-refractivity contribution in [2.45, 2.75) is 18.9 Å². The molecule has 0 saturated carbocycles.